The van der Waals surface area contributed by atoms with E-state index in [0.29, 0.717) is 0 Å². The van der Waals surface area contributed by atoms with Crippen molar-refractivity contribution in [2.24, 2.45) is 7.05 Å². The molecule has 0 unspecified atom stereocenters. The number of aryl methyl sites for hydroxylation is 2. The number of halogens is 1. The molecule has 6 heteroatoms. The molecular weight excluding hydrogens is 336 g/mol. The van der Waals surface area contributed by atoms with Crippen molar-refractivity contribution in [3.05, 3.63) is 44.4 Å². The number of nitrogens with one attached hydrogen (secondary N) is 1. The maximum atomic E-state index is 5.45. The fraction of sp³-hybridized carbons (Fsp3) is 0.286. The molecule has 0 amide bonds. The Bertz CT molecular complexity index is 856. The molecule has 2 aromatic heterocycles. The van der Waals surface area contributed by atoms with E-state index in [1.165, 1.54) is 11.3 Å². The molecule has 1 N–H and O–H groups in total. The molecule has 0 radical (unpaired) electrons. The van der Waals surface area contributed by atoms with Crippen LogP contribution in [-0.2, 0) is 13.6 Å². The van der Waals surface area contributed by atoms with Crippen LogP contribution in [0.1, 0.15) is 17.0 Å². The van der Waals surface area contributed by atoms with Gasteiger partial charge in [0.05, 0.1) is 23.3 Å². The molecule has 0 aliphatic heterocycles. The molecule has 0 atom stereocenters. The summed E-state index contributed by atoms with van der Waals surface area (Å²) in [5.74, 6) is 0. The highest BCUT2D eigenvalue weighted by atomic mass is 79.9. The van der Waals surface area contributed by atoms with Gasteiger partial charge in [-0.3, -0.25) is 4.68 Å². The van der Waals surface area contributed by atoms with Crippen molar-refractivity contribution in [3.8, 4) is 0 Å². The third-order valence-electron chi connectivity index (χ3n) is 3.71. The van der Waals surface area contributed by atoms with E-state index in [0.717, 1.165) is 32.5 Å². The van der Waals surface area contributed by atoms with Gasteiger partial charge in [0, 0.05) is 22.8 Å². The number of H-pyrrole nitrogens is 1. The smallest absolute Gasteiger partial charge is 0.178 e. The largest absolute Gasteiger partial charge is 0.331 e. The van der Waals surface area contributed by atoms with Crippen LogP contribution < -0.4 is 0 Å². The number of aromatic nitrogens is 4. The van der Waals surface area contributed by atoms with Gasteiger partial charge in [-0.25, -0.2) is 0 Å². The van der Waals surface area contributed by atoms with Crippen LogP contribution >= 0.6 is 28.1 Å². The molecule has 0 aliphatic carbocycles. The molecule has 3 aromatic rings. The third-order valence-corrected chi connectivity index (χ3v) is 4.53. The number of aromatic amines is 1. The Morgan fingerprint density at radius 1 is 1.35 bits per heavy atom. The monoisotopic (exact) mass is 350 g/mol. The zero-order valence-electron chi connectivity index (χ0n) is 11.6. The maximum Gasteiger partial charge on any atom is 0.178 e. The van der Waals surface area contributed by atoms with E-state index in [4.69, 9.17) is 12.2 Å². The Morgan fingerprint density at radius 2 is 2.10 bits per heavy atom. The number of hydrogen-bond acceptors (Lipinski definition) is 2. The Balaban J connectivity index is 2.17. The van der Waals surface area contributed by atoms with Gasteiger partial charge in [0.15, 0.2) is 4.77 Å². The zero-order chi connectivity index (χ0) is 14.4. The average molecular weight is 351 g/mol. The highest BCUT2D eigenvalue weighted by molar-refractivity contribution is 9.10. The van der Waals surface area contributed by atoms with E-state index in [1.54, 1.807) is 0 Å². The molecule has 0 aliphatic rings. The van der Waals surface area contributed by atoms with E-state index in [-0.39, 0.29) is 0 Å². The summed E-state index contributed by atoms with van der Waals surface area (Å²) in [7, 11) is 1.97. The minimum Gasteiger partial charge on any atom is -0.331 e. The number of imidazole rings is 1. The first-order valence-corrected chi connectivity index (χ1v) is 7.54. The molecular formula is C14H15BrN4S. The molecule has 4 nitrogen and oxygen atoms in total. The van der Waals surface area contributed by atoms with Gasteiger partial charge in [0.2, 0.25) is 0 Å². The van der Waals surface area contributed by atoms with Gasteiger partial charge in [0.1, 0.15) is 0 Å². The van der Waals surface area contributed by atoms with Crippen LogP contribution in [-0.4, -0.2) is 19.3 Å². The van der Waals surface area contributed by atoms with Crippen LogP contribution in [0.15, 0.2) is 22.7 Å². The maximum absolute atomic E-state index is 5.45. The standard InChI is InChI=1S/C14H15BrN4S/c1-8-11(9(2)18(3)17-8)7-19-13-6-10(15)4-5-12(13)16-14(19)20/h4-6H,7H2,1-3H3,(H,16,20). The lowest BCUT2D eigenvalue weighted by atomic mass is 10.2. The van der Waals surface area contributed by atoms with Crippen molar-refractivity contribution in [2.75, 3.05) is 0 Å². The minimum absolute atomic E-state index is 0.737. The van der Waals surface area contributed by atoms with E-state index in [1.807, 2.05) is 30.8 Å². The van der Waals surface area contributed by atoms with Crippen molar-refractivity contribution in [2.45, 2.75) is 20.4 Å². The van der Waals surface area contributed by atoms with Crippen LogP contribution in [0.25, 0.3) is 11.0 Å². The molecule has 0 spiro atoms. The number of fused-ring (bicyclic) bond motifs is 1. The molecule has 0 fully saturated rings. The number of hydrogen-bond donors (Lipinski definition) is 1. The molecule has 104 valence electrons. The van der Waals surface area contributed by atoms with Crippen molar-refractivity contribution in [1.29, 1.82) is 0 Å². The molecule has 0 saturated carbocycles. The first kappa shape index (κ1) is 13.6. The molecule has 20 heavy (non-hydrogen) atoms. The number of benzene rings is 1. The van der Waals surface area contributed by atoms with Crippen molar-refractivity contribution >= 4 is 39.2 Å². The first-order valence-electron chi connectivity index (χ1n) is 6.34. The summed E-state index contributed by atoms with van der Waals surface area (Å²) in [5, 5.41) is 4.47. The minimum atomic E-state index is 0.737. The van der Waals surface area contributed by atoms with Crippen LogP contribution in [0.2, 0.25) is 0 Å². The summed E-state index contributed by atoms with van der Waals surface area (Å²) in [4.78, 5) is 3.25. The van der Waals surface area contributed by atoms with Gasteiger partial charge >= 0.3 is 0 Å². The summed E-state index contributed by atoms with van der Waals surface area (Å²) < 4.78 is 5.82. The summed E-state index contributed by atoms with van der Waals surface area (Å²) in [6.45, 7) is 4.86. The van der Waals surface area contributed by atoms with Crippen LogP contribution in [0.5, 0.6) is 0 Å². The Labute approximate surface area is 130 Å². The summed E-state index contributed by atoms with van der Waals surface area (Å²) in [5.41, 5.74) is 5.61. The summed E-state index contributed by atoms with van der Waals surface area (Å²) in [6.07, 6.45) is 0. The van der Waals surface area contributed by atoms with Crippen LogP contribution in [0.4, 0.5) is 0 Å². The van der Waals surface area contributed by atoms with Crippen molar-refractivity contribution < 1.29 is 0 Å². The van der Waals surface area contributed by atoms with Crippen molar-refractivity contribution in [3.63, 3.8) is 0 Å². The average Bonchev–Trinajstić information content (AvgIpc) is 2.82. The molecule has 3 rings (SSSR count). The van der Waals surface area contributed by atoms with Crippen LogP contribution in [0, 0.1) is 18.6 Å². The molecule has 0 bridgehead atoms. The fourth-order valence-corrected chi connectivity index (χ4v) is 3.11. The van der Waals surface area contributed by atoms with Gasteiger partial charge in [-0.15, -0.1) is 0 Å². The lowest BCUT2D eigenvalue weighted by molar-refractivity contribution is 0.727. The van der Waals surface area contributed by atoms with Gasteiger partial charge in [0.25, 0.3) is 0 Å². The second-order valence-electron chi connectivity index (χ2n) is 4.95. The van der Waals surface area contributed by atoms with Gasteiger partial charge in [-0.1, -0.05) is 15.9 Å². The quantitative estimate of drug-likeness (QED) is 0.712. The van der Waals surface area contributed by atoms with Gasteiger partial charge in [-0.2, -0.15) is 5.10 Å². The predicted octanol–water partition coefficient (Wildman–Crippen LogP) is 3.86. The van der Waals surface area contributed by atoms with Gasteiger partial charge < -0.3 is 9.55 Å². The fourth-order valence-electron chi connectivity index (χ4n) is 2.49. The second kappa shape index (κ2) is 4.86. The second-order valence-corrected chi connectivity index (χ2v) is 6.25. The third kappa shape index (κ3) is 2.13. The van der Waals surface area contributed by atoms with E-state index in [2.05, 4.69) is 43.6 Å². The first-order chi connectivity index (χ1) is 9.47. The molecule has 2 heterocycles. The van der Waals surface area contributed by atoms with E-state index < -0.39 is 0 Å². The van der Waals surface area contributed by atoms with Crippen LogP contribution in [0.3, 0.4) is 0 Å². The SMILES string of the molecule is Cc1nn(C)c(C)c1Cn1c(=S)[nH]c2ccc(Br)cc21. The van der Waals surface area contributed by atoms with Gasteiger partial charge in [-0.05, 0) is 44.3 Å². The predicted molar refractivity (Wildman–Crippen MR) is 86.6 cm³/mol. The highest BCUT2D eigenvalue weighted by Crippen LogP contribution is 2.22. The Hall–Kier alpha value is -1.40. The Morgan fingerprint density at radius 3 is 2.75 bits per heavy atom. The molecule has 0 saturated heterocycles. The summed E-state index contributed by atoms with van der Waals surface area (Å²) >= 11 is 8.97. The number of nitrogens with zero attached hydrogens (tertiary/aromatic N) is 3. The lowest BCUT2D eigenvalue weighted by Gasteiger charge is -2.06. The van der Waals surface area contributed by atoms with E-state index >= 15 is 0 Å². The number of rotatable bonds is 2. The zero-order valence-corrected chi connectivity index (χ0v) is 14.0. The normalized spacial score (nSPS) is 11.4. The molecule has 1 aromatic carbocycles. The lowest BCUT2D eigenvalue weighted by Crippen LogP contribution is -2.02. The topological polar surface area (TPSA) is 38.5 Å². The Kier molecular flexibility index (Phi) is 3.30. The summed E-state index contributed by atoms with van der Waals surface area (Å²) in [6, 6.07) is 6.13. The highest BCUT2D eigenvalue weighted by Gasteiger charge is 2.12. The van der Waals surface area contributed by atoms with E-state index in [9.17, 15) is 0 Å². The van der Waals surface area contributed by atoms with Crippen molar-refractivity contribution in [1.82, 2.24) is 19.3 Å².